The van der Waals surface area contributed by atoms with Crippen molar-refractivity contribution < 1.29 is 30.7 Å². The fourth-order valence-electron chi connectivity index (χ4n) is 4.84. The smallest absolute Gasteiger partial charge is 0.206 e. The Kier molecular flexibility index (Phi) is 7.23. The molecule has 0 amide bonds. The third-order valence-electron chi connectivity index (χ3n) is 6.79. The lowest BCUT2D eigenvalue weighted by atomic mass is 9.93. The highest BCUT2D eigenvalue weighted by Gasteiger charge is 2.34. The molecule has 0 saturated heterocycles. The minimum Gasteiger partial charge on any atom is -0.206 e. The minimum absolute atomic E-state index is 0.147. The fourth-order valence-corrected chi connectivity index (χ4v) is 4.84. The summed E-state index contributed by atoms with van der Waals surface area (Å²) < 4.78 is 101. The molecule has 0 heterocycles. The highest BCUT2D eigenvalue weighted by atomic mass is 19.4. The van der Waals surface area contributed by atoms with Gasteiger partial charge in [-0.25, -0.2) is 17.6 Å². The molecule has 0 N–H and O–H groups in total. The summed E-state index contributed by atoms with van der Waals surface area (Å²) in [6.07, 6.45) is -1.47. The number of hydrogen-bond donors (Lipinski definition) is 0. The zero-order valence-electron chi connectivity index (χ0n) is 20.9. The van der Waals surface area contributed by atoms with Crippen molar-refractivity contribution in [2.24, 2.45) is 0 Å². The molecule has 7 heteroatoms. The Morgan fingerprint density at radius 2 is 1.32 bits per heavy atom. The van der Waals surface area contributed by atoms with Crippen molar-refractivity contribution in [2.75, 3.05) is 0 Å². The summed E-state index contributed by atoms with van der Waals surface area (Å²) in [5.74, 6) is -3.96. The van der Waals surface area contributed by atoms with E-state index in [1.807, 2.05) is 12.1 Å². The second-order valence-corrected chi connectivity index (χ2v) is 9.36. The first kappa shape index (κ1) is 27.2. The number of hydrogen-bond acceptors (Lipinski definition) is 0. The van der Waals surface area contributed by atoms with Crippen LogP contribution in [0.15, 0.2) is 97.6 Å². The SMILES string of the molecule is C=CCCc1ccc2c(F)c(-c3ccc(-c4cc(F)c(-c5ccccc5C(F)(F)F)c(F)c4)c(F)c3)ccc2c1. The molecule has 0 fully saturated rings. The monoisotopic (exact) mass is 550 g/mol. The molecular weight excluding hydrogens is 529 g/mol. The van der Waals surface area contributed by atoms with Gasteiger partial charge < -0.3 is 0 Å². The van der Waals surface area contributed by atoms with Crippen molar-refractivity contribution >= 4 is 10.8 Å². The Morgan fingerprint density at radius 1 is 0.650 bits per heavy atom. The van der Waals surface area contributed by atoms with Crippen LogP contribution in [-0.2, 0) is 12.6 Å². The van der Waals surface area contributed by atoms with Crippen LogP contribution >= 0.6 is 0 Å². The number of aryl methyl sites for hydroxylation is 1. The maximum absolute atomic E-state index is 15.4. The van der Waals surface area contributed by atoms with Gasteiger partial charge in [-0.15, -0.1) is 6.58 Å². The number of fused-ring (bicyclic) bond motifs is 1. The van der Waals surface area contributed by atoms with Crippen LogP contribution < -0.4 is 0 Å². The molecule has 0 aliphatic carbocycles. The average molecular weight is 551 g/mol. The van der Waals surface area contributed by atoms with E-state index in [1.165, 1.54) is 24.3 Å². The van der Waals surface area contributed by atoms with Crippen LogP contribution in [0.1, 0.15) is 17.5 Å². The summed E-state index contributed by atoms with van der Waals surface area (Å²) >= 11 is 0. The van der Waals surface area contributed by atoms with Crippen molar-refractivity contribution in [3.8, 4) is 33.4 Å². The van der Waals surface area contributed by atoms with Crippen molar-refractivity contribution in [1.82, 2.24) is 0 Å². The highest BCUT2D eigenvalue weighted by molar-refractivity contribution is 5.89. The second kappa shape index (κ2) is 10.6. The summed E-state index contributed by atoms with van der Waals surface area (Å²) in [4.78, 5) is 0. The van der Waals surface area contributed by atoms with E-state index in [4.69, 9.17) is 0 Å². The summed E-state index contributed by atoms with van der Waals surface area (Å²) in [6.45, 7) is 3.70. The lowest BCUT2D eigenvalue weighted by Crippen LogP contribution is -2.08. The predicted octanol–water partition coefficient (Wildman–Crippen LogP) is 10.5. The van der Waals surface area contributed by atoms with E-state index in [9.17, 15) is 13.2 Å². The average Bonchev–Trinajstić information content (AvgIpc) is 2.91. The van der Waals surface area contributed by atoms with Gasteiger partial charge >= 0.3 is 6.18 Å². The summed E-state index contributed by atoms with van der Waals surface area (Å²) in [5.41, 5.74) is -1.72. The van der Waals surface area contributed by atoms with Gasteiger partial charge in [0.15, 0.2) is 0 Å². The van der Waals surface area contributed by atoms with Crippen molar-refractivity contribution in [3.05, 3.63) is 132 Å². The first-order chi connectivity index (χ1) is 19.1. The first-order valence-electron chi connectivity index (χ1n) is 12.4. The third kappa shape index (κ3) is 5.11. The van der Waals surface area contributed by atoms with Crippen LogP contribution in [0.4, 0.5) is 30.7 Å². The molecule has 5 aromatic carbocycles. The van der Waals surface area contributed by atoms with Crippen LogP contribution in [-0.4, -0.2) is 0 Å². The van der Waals surface area contributed by atoms with Gasteiger partial charge in [-0.1, -0.05) is 66.7 Å². The molecule has 40 heavy (non-hydrogen) atoms. The lowest BCUT2D eigenvalue weighted by Gasteiger charge is -2.15. The molecule has 202 valence electrons. The Labute approximate surface area is 226 Å². The fraction of sp³-hybridized carbons (Fsp3) is 0.0909. The third-order valence-corrected chi connectivity index (χ3v) is 6.79. The van der Waals surface area contributed by atoms with Gasteiger partial charge in [-0.2, -0.15) is 13.2 Å². The number of alkyl halides is 3. The Balaban J connectivity index is 1.51. The zero-order chi connectivity index (χ0) is 28.6. The molecule has 0 aliphatic rings. The summed E-state index contributed by atoms with van der Waals surface area (Å²) in [6, 6.07) is 18.0. The molecule has 0 aromatic heterocycles. The number of allylic oxidation sites excluding steroid dienone is 1. The molecule has 0 atom stereocenters. The van der Waals surface area contributed by atoms with Gasteiger partial charge in [0.25, 0.3) is 0 Å². The predicted molar refractivity (Wildman–Crippen MR) is 144 cm³/mol. The molecule has 0 nitrogen and oxygen atoms in total. The normalized spacial score (nSPS) is 11.7. The largest absolute Gasteiger partial charge is 0.417 e. The van der Waals surface area contributed by atoms with Gasteiger partial charge in [0.2, 0.25) is 0 Å². The molecule has 5 aromatic rings. The van der Waals surface area contributed by atoms with Gasteiger partial charge in [-0.05, 0) is 64.7 Å². The van der Waals surface area contributed by atoms with E-state index < -0.39 is 46.1 Å². The molecule has 5 rings (SSSR count). The van der Waals surface area contributed by atoms with Crippen molar-refractivity contribution in [1.29, 1.82) is 0 Å². The van der Waals surface area contributed by atoms with Crippen LogP contribution in [0.5, 0.6) is 0 Å². The van der Waals surface area contributed by atoms with Crippen LogP contribution in [0.2, 0.25) is 0 Å². The van der Waals surface area contributed by atoms with Gasteiger partial charge in [0, 0.05) is 16.5 Å². The molecule has 0 radical (unpaired) electrons. The van der Waals surface area contributed by atoms with E-state index in [0.29, 0.717) is 10.8 Å². The zero-order valence-corrected chi connectivity index (χ0v) is 20.9. The lowest BCUT2D eigenvalue weighted by molar-refractivity contribution is -0.137. The van der Waals surface area contributed by atoms with Crippen molar-refractivity contribution in [2.45, 2.75) is 19.0 Å². The van der Waals surface area contributed by atoms with Crippen LogP contribution in [0, 0.1) is 23.3 Å². The van der Waals surface area contributed by atoms with E-state index in [0.717, 1.165) is 54.8 Å². The second-order valence-electron chi connectivity index (χ2n) is 9.36. The molecule has 0 aliphatic heterocycles. The number of benzene rings is 5. The van der Waals surface area contributed by atoms with Crippen molar-refractivity contribution in [3.63, 3.8) is 0 Å². The minimum atomic E-state index is -4.83. The number of halogens is 7. The Hall–Kier alpha value is -4.39. The number of rotatable bonds is 6. The molecule has 0 spiro atoms. The van der Waals surface area contributed by atoms with Crippen LogP contribution in [0.25, 0.3) is 44.2 Å². The topological polar surface area (TPSA) is 0 Å². The highest BCUT2D eigenvalue weighted by Crippen LogP contribution is 2.40. The van der Waals surface area contributed by atoms with Gasteiger partial charge in [-0.3, -0.25) is 0 Å². The molecular formula is C33H21F7. The molecule has 0 unspecified atom stereocenters. The molecule has 0 bridgehead atoms. The van der Waals surface area contributed by atoms with Crippen LogP contribution in [0.3, 0.4) is 0 Å². The quantitative estimate of drug-likeness (QED) is 0.146. The molecule has 0 saturated carbocycles. The Morgan fingerprint density at radius 3 is 2.00 bits per heavy atom. The summed E-state index contributed by atoms with van der Waals surface area (Å²) in [5, 5.41) is 1.06. The van der Waals surface area contributed by atoms with E-state index in [-0.39, 0.29) is 22.3 Å². The maximum atomic E-state index is 15.4. The van der Waals surface area contributed by atoms with E-state index in [2.05, 4.69) is 6.58 Å². The van der Waals surface area contributed by atoms with E-state index >= 15 is 17.6 Å². The van der Waals surface area contributed by atoms with Gasteiger partial charge in [0.1, 0.15) is 23.3 Å². The maximum Gasteiger partial charge on any atom is 0.417 e. The first-order valence-corrected chi connectivity index (χ1v) is 12.4. The Bertz CT molecular complexity index is 1730. The van der Waals surface area contributed by atoms with Gasteiger partial charge in [0.05, 0.1) is 11.1 Å². The van der Waals surface area contributed by atoms with E-state index in [1.54, 1.807) is 18.2 Å². The standard InChI is InChI=1S/C33H21F7/c1-2-3-6-19-9-12-24-20(15-19)11-14-25(32(24)37)21-10-13-23(28(34)16-21)22-17-29(35)31(30(36)18-22)26-7-4-5-8-27(26)33(38,39)40/h2,4-5,7-18H,1,3,6H2. The summed E-state index contributed by atoms with van der Waals surface area (Å²) in [7, 11) is 0.